The Morgan fingerprint density at radius 3 is 3.05 bits per heavy atom. The molecule has 0 amide bonds. The van der Waals surface area contributed by atoms with Crippen molar-refractivity contribution in [3.8, 4) is 0 Å². The summed E-state index contributed by atoms with van der Waals surface area (Å²) in [5, 5.41) is 9.10. The molecule has 1 saturated heterocycles. The minimum Gasteiger partial charge on any atom is -0.462 e. The van der Waals surface area contributed by atoms with Crippen molar-refractivity contribution in [2.45, 2.75) is 26.2 Å². The van der Waals surface area contributed by atoms with Crippen molar-refractivity contribution in [3.63, 3.8) is 0 Å². The maximum atomic E-state index is 11.9. The number of rotatable bonds is 5. The van der Waals surface area contributed by atoms with E-state index in [1.807, 2.05) is 12.1 Å². The predicted octanol–water partition coefficient (Wildman–Crippen LogP) is 2.04. The first-order chi connectivity index (χ1) is 10.2. The summed E-state index contributed by atoms with van der Waals surface area (Å²) in [7, 11) is 0. The van der Waals surface area contributed by atoms with Gasteiger partial charge in [-0.05, 0) is 44.2 Å². The lowest BCUT2D eigenvalue weighted by Gasteiger charge is -2.35. The molecule has 1 unspecified atom stereocenters. The van der Waals surface area contributed by atoms with Gasteiger partial charge in [-0.25, -0.2) is 4.79 Å². The van der Waals surface area contributed by atoms with E-state index in [4.69, 9.17) is 15.6 Å². The smallest absolute Gasteiger partial charge is 0.340 e. The van der Waals surface area contributed by atoms with Crippen LogP contribution in [0.15, 0.2) is 18.2 Å². The van der Waals surface area contributed by atoms with Gasteiger partial charge in [0.25, 0.3) is 0 Å². The highest BCUT2D eigenvalue weighted by Crippen LogP contribution is 2.31. The van der Waals surface area contributed by atoms with E-state index in [0.717, 1.165) is 38.0 Å². The van der Waals surface area contributed by atoms with Gasteiger partial charge in [0.1, 0.15) is 0 Å². The van der Waals surface area contributed by atoms with Crippen molar-refractivity contribution in [3.05, 3.63) is 23.8 Å². The van der Waals surface area contributed by atoms with Gasteiger partial charge in [0, 0.05) is 19.7 Å². The minimum absolute atomic E-state index is 0.219. The van der Waals surface area contributed by atoms with Crippen molar-refractivity contribution in [1.29, 1.82) is 0 Å². The fourth-order valence-electron chi connectivity index (χ4n) is 2.92. The van der Waals surface area contributed by atoms with Crippen LogP contribution in [-0.4, -0.2) is 37.4 Å². The number of carbonyl (C=O) groups is 1. The molecule has 1 aromatic carbocycles. The zero-order valence-electron chi connectivity index (χ0n) is 12.5. The predicted molar refractivity (Wildman–Crippen MR) is 83.5 cm³/mol. The number of carbonyl (C=O) groups excluding carboxylic acids is 1. The lowest BCUT2D eigenvalue weighted by molar-refractivity contribution is 0.0527. The molecular formula is C16H24N2O3. The number of piperidine rings is 1. The van der Waals surface area contributed by atoms with Gasteiger partial charge >= 0.3 is 5.97 Å². The van der Waals surface area contributed by atoms with E-state index >= 15 is 0 Å². The second-order valence-corrected chi connectivity index (χ2v) is 5.43. The number of nitrogens with two attached hydrogens (primary N) is 1. The van der Waals surface area contributed by atoms with Crippen LogP contribution in [0.25, 0.3) is 0 Å². The molecule has 3 N–H and O–H groups in total. The van der Waals surface area contributed by atoms with E-state index in [0.29, 0.717) is 23.8 Å². The number of hydrogen-bond acceptors (Lipinski definition) is 5. The van der Waals surface area contributed by atoms with Gasteiger partial charge in [-0.1, -0.05) is 6.07 Å². The number of nitrogen functional groups attached to an aromatic ring is 1. The maximum absolute atomic E-state index is 11.9. The van der Waals surface area contributed by atoms with Gasteiger partial charge in [-0.2, -0.15) is 0 Å². The van der Waals surface area contributed by atoms with Gasteiger partial charge < -0.3 is 20.5 Å². The largest absolute Gasteiger partial charge is 0.462 e. The van der Waals surface area contributed by atoms with Crippen LogP contribution in [0.2, 0.25) is 0 Å². The summed E-state index contributed by atoms with van der Waals surface area (Å²) in [6.45, 7) is 4.14. The van der Waals surface area contributed by atoms with E-state index < -0.39 is 0 Å². The molecule has 0 spiro atoms. The van der Waals surface area contributed by atoms with E-state index in [9.17, 15) is 4.79 Å². The molecule has 1 fully saturated rings. The first kappa shape index (κ1) is 15.6. The van der Waals surface area contributed by atoms with Crippen LogP contribution in [0.5, 0.6) is 0 Å². The Balaban J connectivity index is 2.19. The lowest BCUT2D eigenvalue weighted by atomic mass is 9.94. The molecule has 21 heavy (non-hydrogen) atoms. The van der Waals surface area contributed by atoms with Crippen LogP contribution in [0.1, 0.15) is 36.5 Å². The SMILES string of the molecule is CCOC(=O)c1cccc(N2CCCC(CCO)C2)c1N. The highest BCUT2D eigenvalue weighted by Gasteiger charge is 2.23. The normalized spacial score (nSPS) is 18.6. The Hall–Kier alpha value is -1.75. The first-order valence-electron chi connectivity index (χ1n) is 7.58. The van der Waals surface area contributed by atoms with Gasteiger partial charge in [-0.15, -0.1) is 0 Å². The Bertz CT molecular complexity index is 488. The minimum atomic E-state index is -0.374. The summed E-state index contributed by atoms with van der Waals surface area (Å²) in [6, 6.07) is 5.49. The van der Waals surface area contributed by atoms with E-state index in [1.54, 1.807) is 13.0 Å². The molecule has 0 radical (unpaired) electrons. The monoisotopic (exact) mass is 292 g/mol. The van der Waals surface area contributed by atoms with Crippen LogP contribution in [0.3, 0.4) is 0 Å². The summed E-state index contributed by atoms with van der Waals surface area (Å²) in [4.78, 5) is 14.1. The number of aliphatic hydroxyl groups is 1. The molecule has 1 aliphatic heterocycles. The first-order valence-corrected chi connectivity index (χ1v) is 7.58. The molecule has 0 aromatic heterocycles. The zero-order chi connectivity index (χ0) is 15.2. The quantitative estimate of drug-likeness (QED) is 0.641. The van der Waals surface area contributed by atoms with Gasteiger partial charge in [0.15, 0.2) is 0 Å². The fourth-order valence-corrected chi connectivity index (χ4v) is 2.92. The fraction of sp³-hybridized carbons (Fsp3) is 0.562. The van der Waals surface area contributed by atoms with Gasteiger partial charge in [0.2, 0.25) is 0 Å². The van der Waals surface area contributed by atoms with E-state index in [2.05, 4.69) is 4.90 Å². The third-order valence-corrected chi connectivity index (χ3v) is 3.98. The summed E-state index contributed by atoms with van der Waals surface area (Å²) in [6.07, 6.45) is 3.02. The molecule has 1 atom stereocenters. The van der Waals surface area contributed by atoms with Crippen molar-refractivity contribution < 1.29 is 14.6 Å². The van der Waals surface area contributed by atoms with Crippen LogP contribution in [0, 0.1) is 5.92 Å². The van der Waals surface area contributed by atoms with Crippen LogP contribution >= 0.6 is 0 Å². The standard InChI is InChI=1S/C16H24N2O3/c1-2-21-16(20)13-6-3-7-14(15(13)17)18-9-4-5-12(11-18)8-10-19/h3,6-7,12,19H,2,4-5,8-11,17H2,1H3. The topological polar surface area (TPSA) is 75.8 Å². The number of benzene rings is 1. The summed E-state index contributed by atoms with van der Waals surface area (Å²) < 4.78 is 5.04. The molecule has 2 rings (SSSR count). The number of nitrogens with zero attached hydrogens (tertiary/aromatic N) is 1. The average molecular weight is 292 g/mol. The molecule has 0 bridgehead atoms. The molecule has 1 heterocycles. The van der Waals surface area contributed by atoms with E-state index in [-0.39, 0.29) is 12.6 Å². The number of esters is 1. The summed E-state index contributed by atoms with van der Waals surface area (Å²) in [5.41, 5.74) is 7.98. The number of anilines is 2. The van der Waals surface area contributed by atoms with Crippen molar-refractivity contribution in [2.24, 2.45) is 5.92 Å². The van der Waals surface area contributed by atoms with E-state index in [1.165, 1.54) is 0 Å². The molecule has 5 heteroatoms. The Morgan fingerprint density at radius 1 is 1.52 bits per heavy atom. The average Bonchev–Trinajstić information content (AvgIpc) is 2.48. The number of aliphatic hydroxyl groups excluding tert-OH is 1. The molecule has 1 aliphatic rings. The highest BCUT2D eigenvalue weighted by molar-refractivity contribution is 5.98. The number of hydrogen-bond donors (Lipinski definition) is 2. The van der Waals surface area contributed by atoms with Crippen molar-refractivity contribution >= 4 is 17.3 Å². The Kier molecular flexibility index (Phi) is 5.44. The second-order valence-electron chi connectivity index (χ2n) is 5.43. The molecule has 0 aliphatic carbocycles. The van der Waals surface area contributed by atoms with Crippen LogP contribution < -0.4 is 10.6 Å². The van der Waals surface area contributed by atoms with Gasteiger partial charge in [0.05, 0.1) is 23.5 Å². The summed E-state index contributed by atoms with van der Waals surface area (Å²) >= 11 is 0. The van der Waals surface area contributed by atoms with Crippen LogP contribution in [-0.2, 0) is 4.74 Å². The molecule has 1 aromatic rings. The molecule has 5 nitrogen and oxygen atoms in total. The van der Waals surface area contributed by atoms with Crippen LogP contribution in [0.4, 0.5) is 11.4 Å². The number of ether oxygens (including phenoxy) is 1. The summed E-state index contributed by atoms with van der Waals surface area (Å²) in [5.74, 6) is 0.107. The zero-order valence-corrected chi connectivity index (χ0v) is 12.5. The van der Waals surface area contributed by atoms with Gasteiger partial charge in [-0.3, -0.25) is 0 Å². The Labute approximate surface area is 125 Å². The molecular weight excluding hydrogens is 268 g/mol. The van der Waals surface area contributed by atoms with Crippen molar-refractivity contribution in [1.82, 2.24) is 0 Å². The lowest BCUT2D eigenvalue weighted by Crippen LogP contribution is -2.36. The molecule has 0 saturated carbocycles. The third-order valence-electron chi connectivity index (χ3n) is 3.98. The van der Waals surface area contributed by atoms with Crippen molar-refractivity contribution in [2.75, 3.05) is 36.9 Å². The molecule has 116 valence electrons. The third kappa shape index (κ3) is 3.67. The number of para-hydroxylation sites is 1. The maximum Gasteiger partial charge on any atom is 0.340 e. The second kappa shape index (κ2) is 7.31. The Morgan fingerprint density at radius 2 is 2.33 bits per heavy atom. The highest BCUT2D eigenvalue weighted by atomic mass is 16.5.